The molecule has 2 heteroatoms. The molecule has 2 aromatic carbocycles. The van der Waals surface area contributed by atoms with Gasteiger partial charge in [0.2, 0.25) is 0 Å². The molecular formula is C28H39NO. The lowest BCUT2D eigenvalue weighted by Gasteiger charge is -2.39. The number of benzene rings is 2. The molecule has 1 fully saturated rings. The summed E-state index contributed by atoms with van der Waals surface area (Å²) in [6.45, 7) is 7.80. The maximum Gasteiger partial charge on any atom is 0.126 e. The van der Waals surface area contributed by atoms with Gasteiger partial charge in [0.25, 0.3) is 0 Å². The summed E-state index contributed by atoms with van der Waals surface area (Å²) in [4.78, 5) is 0. The molecule has 0 aromatic heterocycles. The Hall–Kier alpha value is -1.80. The predicted molar refractivity (Wildman–Crippen MR) is 126 cm³/mol. The van der Waals surface area contributed by atoms with E-state index in [9.17, 15) is 0 Å². The van der Waals surface area contributed by atoms with Crippen LogP contribution in [-0.2, 0) is 6.42 Å². The molecule has 0 spiro atoms. The first-order chi connectivity index (χ1) is 14.6. The van der Waals surface area contributed by atoms with Gasteiger partial charge in [-0.05, 0) is 68.6 Å². The van der Waals surface area contributed by atoms with E-state index in [2.05, 4.69) is 68.6 Å². The number of rotatable bonds is 7. The molecule has 2 nitrogen and oxygen atoms in total. The highest BCUT2D eigenvalue weighted by Gasteiger charge is 2.35. The zero-order valence-electron chi connectivity index (χ0n) is 19.1. The van der Waals surface area contributed by atoms with Crippen molar-refractivity contribution in [3.63, 3.8) is 0 Å². The summed E-state index contributed by atoms with van der Waals surface area (Å²) in [5, 5.41) is 3.94. The first-order valence-electron chi connectivity index (χ1n) is 12.2. The molecule has 1 saturated carbocycles. The fourth-order valence-corrected chi connectivity index (χ4v) is 5.61. The summed E-state index contributed by atoms with van der Waals surface area (Å²) < 4.78 is 6.69. The molecule has 0 radical (unpaired) electrons. The molecule has 162 valence electrons. The van der Waals surface area contributed by atoms with E-state index in [4.69, 9.17) is 4.74 Å². The molecule has 3 unspecified atom stereocenters. The summed E-state index contributed by atoms with van der Waals surface area (Å²) >= 11 is 0. The van der Waals surface area contributed by atoms with Crippen LogP contribution in [0.15, 0.2) is 42.5 Å². The van der Waals surface area contributed by atoms with Crippen LogP contribution in [0.3, 0.4) is 0 Å². The van der Waals surface area contributed by atoms with Gasteiger partial charge in [0.05, 0.1) is 0 Å². The van der Waals surface area contributed by atoms with E-state index in [1.807, 2.05) is 0 Å². The third kappa shape index (κ3) is 5.09. The molecule has 4 rings (SSSR count). The van der Waals surface area contributed by atoms with Crippen LogP contribution in [0.1, 0.15) is 80.0 Å². The smallest absolute Gasteiger partial charge is 0.126 e. The van der Waals surface area contributed by atoms with E-state index in [1.54, 1.807) is 0 Å². The van der Waals surface area contributed by atoms with E-state index in [0.29, 0.717) is 18.1 Å². The first kappa shape index (κ1) is 21.4. The van der Waals surface area contributed by atoms with Gasteiger partial charge in [-0.2, -0.15) is 0 Å². The standard InChI is InChI=1S/C28H39NO/c1-4-25(17-22-11-7-5-8-12-22)29-19-24-18-27(23-13-9-6-10-14-23)30-28-21(3)15-20(2)16-26(24)28/h5,7-8,11-12,15-16,23-25,27,29H,4,6,9-10,13-14,17-19H2,1-3H3. The van der Waals surface area contributed by atoms with Gasteiger partial charge in [-0.1, -0.05) is 74.2 Å². The minimum Gasteiger partial charge on any atom is -0.490 e. The summed E-state index contributed by atoms with van der Waals surface area (Å²) in [6.07, 6.45) is 10.7. The van der Waals surface area contributed by atoms with Gasteiger partial charge < -0.3 is 10.1 Å². The van der Waals surface area contributed by atoms with Crippen molar-refractivity contribution in [2.75, 3.05) is 6.54 Å². The Morgan fingerprint density at radius 3 is 2.53 bits per heavy atom. The molecule has 2 aromatic rings. The fourth-order valence-electron chi connectivity index (χ4n) is 5.61. The molecule has 0 amide bonds. The van der Waals surface area contributed by atoms with Crippen LogP contribution in [-0.4, -0.2) is 18.7 Å². The number of fused-ring (bicyclic) bond motifs is 1. The van der Waals surface area contributed by atoms with Gasteiger partial charge in [0, 0.05) is 18.5 Å². The van der Waals surface area contributed by atoms with E-state index >= 15 is 0 Å². The van der Waals surface area contributed by atoms with Gasteiger partial charge in [-0.3, -0.25) is 0 Å². The van der Waals surface area contributed by atoms with Crippen molar-refractivity contribution < 1.29 is 4.74 Å². The third-order valence-corrected chi connectivity index (χ3v) is 7.32. The van der Waals surface area contributed by atoms with Crippen molar-refractivity contribution in [3.8, 4) is 5.75 Å². The quantitative estimate of drug-likeness (QED) is 0.551. The number of ether oxygens (including phenoxy) is 1. The van der Waals surface area contributed by atoms with Crippen LogP contribution in [0.25, 0.3) is 0 Å². The summed E-state index contributed by atoms with van der Waals surface area (Å²) in [5.74, 6) is 2.47. The van der Waals surface area contributed by atoms with Crippen LogP contribution in [0.2, 0.25) is 0 Å². The van der Waals surface area contributed by atoms with Gasteiger partial charge in [0.15, 0.2) is 0 Å². The number of hydrogen-bond donors (Lipinski definition) is 1. The molecule has 1 heterocycles. The topological polar surface area (TPSA) is 21.3 Å². The minimum atomic E-state index is 0.389. The number of aryl methyl sites for hydroxylation is 2. The Morgan fingerprint density at radius 1 is 1.03 bits per heavy atom. The number of nitrogens with one attached hydrogen (secondary N) is 1. The normalized spacial score (nSPS) is 22.9. The molecule has 0 saturated heterocycles. The average molecular weight is 406 g/mol. The molecule has 1 aliphatic heterocycles. The summed E-state index contributed by atoms with van der Waals surface area (Å²) in [7, 11) is 0. The molecular weight excluding hydrogens is 366 g/mol. The second kappa shape index (κ2) is 10.0. The van der Waals surface area contributed by atoms with Crippen molar-refractivity contribution in [2.45, 2.75) is 90.2 Å². The van der Waals surface area contributed by atoms with Crippen LogP contribution in [0.5, 0.6) is 5.75 Å². The van der Waals surface area contributed by atoms with E-state index < -0.39 is 0 Å². The Morgan fingerprint density at radius 2 is 1.80 bits per heavy atom. The Balaban J connectivity index is 1.50. The number of hydrogen-bond acceptors (Lipinski definition) is 2. The summed E-state index contributed by atoms with van der Waals surface area (Å²) in [5.41, 5.74) is 5.52. The Bertz CT molecular complexity index is 809. The van der Waals surface area contributed by atoms with Crippen molar-refractivity contribution in [3.05, 3.63) is 64.7 Å². The minimum absolute atomic E-state index is 0.389. The van der Waals surface area contributed by atoms with Crippen LogP contribution in [0, 0.1) is 19.8 Å². The maximum atomic E-state index is 6.69. The SMILES string of the molecule is CCC(Cc1ccccc1)NCC1CC(C2CCCCC2)Oc2c(C)cc(C)cc21. The largest absolute Gasteiger partial charge is 0.490 e. The van der Waals surface area contributed by atoms with Crippen molar-refractivity contribution in [2.24, 2.45) is 5.92 Å². The average Bonchev–Trinajstić information content (AvgIpc) is 2.78. The highest BCUT2D eigenvalue weighted by molar-refractivity contribution is 5.47. The van der Waals surface area contributed by atoms with Crippen molar-refractivity contribution in [1.82, 2.24) is 5.32 Å². The molecule has 3 atom stereocenters. The monoisotopic (exact) mass is 405 g/mol. The molecule has 30 heavy (non-hydrogen) atoms. The lowest BCUT2D eigenvalue weighted by Crippen LogP contribution is -2.40. The zero-order chi connectivity index (χ0) is 20.9. The lowest BCUT2D eigenvalue weighted by molar-refractivity contribution is 0.0762. The molecule has 2 aliphatic rings. The molecule has 1 aliphatic carbocycles. The fraction of sp³-hybridized carbons (Fsp3) is 0.571. The Kier molecular flexibility index (Phi) is 7.15. The van der Waals surface area contributed by atoms with Gasteiger partial charge in [-0.25, -0.2) is 0 Å². The second-order valence-electron chi connectivity index (χ2n) is 9.69. The van der Waals surface area contributed by atoms with Crippen molar-refractivity contribution in [1.29, 1.82) is 0 Å². The summed E-state index contributed by atoms with van der Waals surface area (Å²) in [6, 6.07) is 16.1. The highest BCUT2D eigenvalue weighted by Crippen LogP contribution is 2.43. The first-order valence-corrected chi connectivity index (χ1v) is 12.2. The van der Waals surface area contributed by atoms with Crippen LogP contribution >= 0.6 is 0 Å². The van der Waals surface area contributed by atoms with Crippen LogP contribution < -0.4 is 10.1 Å². The van der Waals surface area contributed by atoms with Gasteiger partial charge in [-0.15, -0.1) is 0 Å². The van der Waals surface area contributed by atoms with E-state index in [0.717, 1.165) is 31.7 Å². The molecule has 1 N–H and O–H groups in total. The van der Waals surface area contributed by atoms with E-state index in [1.165, 1.54) is 60.1 Å². The predicted octanol–water partition coefficient (Wildman–Crippen LogP) is 6.73. The van der Waals surface area contributed by atoms with E-state index in [-0.39, 0.29) is 0 Å². The van der Waals surface area contributed by atoms with Gasteiger partial charge in [0.1, 0.15) is 11.9 Å². The second-order valence-corrected chi connectivity index (χ2v) is 9.69. The zero-order valence-corrected chi connectivity index (χ0v) is 19.1. The van der Waals surface area contributed by atoms with Gasteiger partial charge >= 0.3 is 0 Å². The Labute approximate surface area is 183 Å². The maximum absolute atomic E-state index is 6.69. The van der Waals surface area contributed by atoms with Crippen LogP contribution in [0.4, 0.5) is 0 Å². The molecule has 0 bridgehead atoms. The highest BCUT2D eigenvalue weighted by atomic mass is 16.5. The lowest BCUT2D eigenvalue weighted by atomic mass is 9.78. The van der Waals surface area contributed by atoms with Crippen molar-refractivity contribution >= 4 is 0 Å². The third-order valence-electron chi connectivity index (χ3n) is 7.32.